The summed E-state index contributed by atoms with van der Waals surface area (Å²) in [5.74, 6) is 0.817. The van der Waals surface area contributed by atoms with Gasteiger partial charge in [-0.3, -0.25) is 4.90 Å². The Morgan fingerprint density at radius 3 is 2.74 bits per heavy atom. The fourth-order valence-corrected chi connectivity index (χ4v) is 3.92. The fraction of sp³-hybridized carbons (Fsp3) is 0.316. The summed E-state index contributed by atoms with van der Waals surface area (Å²) in [5.41, 5.74) is 1.63. The number of pyridine rings is 1. The molecule has 0 aliphatic carbocycles. The highest BCUT2D eigenvalue weighted by Gasteiger charge is 2.26. The Morgan fingerprint density at radius 1 is 1.15 bits per heavy atom. The molecular formula is C19H17Cl2FN4O. The van der Waals surface area contributed by atoms with Crippen LogP contribution in [0.5, 0.6) is 0 Å². The van der Waals surface area contributed by atoms with Crippen LogP contribution in [0.4, 0.5) is 4.39 Å². The summed E-state index contributed by atoms with van der Waals surface area (Å²) < 4.78 is 18.9. The van der Waals surface area contributed by atoms with Crippen LogP contribution in [0.25, 0.3) is 11.4 Å². The third kappa shape index (κ3) is 4.46. The van der Waals surface area contributed by atoms with E-state index in [0.29, 0.717) is 27.6 Å². The Bertz CT molecular complexity index is 929. The highest BCUT2D eigenvalue weighted by molar-refractivity contribution is 6.32. The molecule has 3 heterocycles. The van der Waals surface area contributed by atoms with Gasteiger partial charge in [0, 0.05) is 18.7 Å². The smallest absolute Gasteiger partial charge is 0.231 e. The second-order valence-corrected chi connectivity index (χ2v) is 7.44. The molecule has 8 heteroatoms. The molecule has 4 rings (SSSR count). The first kappa shape index (κ1) is 18.3. The number of benzene rings is 1. The molecule has 0 saturated carbocycles. The van der Waals surface area contributed by atoms with Crippen molar-refractivity contribution in [3.63, 3.8) is 0 Å². The van der Waals surface area contributed by atoms with Crippen molar-refractivity contribution in [3.8, 4) is 11.4 Å². The van der Waals surface area contributed by atoms with Gasteiger partial charge in [0.15, 0.2) is 0 Å². The molecule has 0 N–H and O–H groups in total. The molecule has 3 aromatic rings. The number of likely N-dealkylation sites (tertiary alicyclic amines) is 1. The molecule has 1 unspecified atom stereocenters. The van der Waals surface area contributed by atoms with Crippen LogP contribution >= 0.6 is 23.2 Å². The monoisotopic (exact) mass is 406 g/mol. The van der Waals surface area contributed by atoms with Crippen molar-refractivity contribution < 1.29 is 8.91 Å². The summed E-state index contributed by atoms with van der Waals surface area (Å²) in [6, 6.07) is 9.84. The van der Waals surface area contributed by atoms with E-state index in [2.05, 4.69) is 20.0 Å². The second-order valence-electron chi connectivity index (χ2n) is 6.66. The van der Waals surface area contributed by atoms with Crippen LogP contribution in [0.1, 0.15) is 30.2 Å². The standard InChI is InChI=1S/C19H17Cl2FN4O/c20-16-7-12(8-17(21)23-16)10-26-6-2-4-14(11-26)19-24-18(25-27-19)13-3-1-5-15(22)9-13/h1,3,5,7-9,14H,2,4,6,10-11H2. The zero-order valence-corrected chi connectivity index (χ0v) is 15.9. The quantitative estimate of drug-likeness (QED) is 0.573. The van der Waals surface area contributed by atoms with Gasteiger partial charge in [0.25, 0.3) is 0 Å². The van der Waals surface area contributed by atoms with Gasteiger partial charge in [-0.15, -0.1) is 0 Å². The van der Waals surface area contributed by atoms with Crippen LogP contribution < -0.4 is 0 Å². The highest BCUT2D eigenvalue weighted by atomic mass is 35.5. The fourth-order valence-electron chi connectivity index (χ4n) is 3.41. The second kappa shape index (κ2) is 7.92. The number of rotatable bonds is 4. The van der Waals surface area contributed by atoms with Crippen molar-refractivity contribution in [1.29, 1.82) is 0 Å². The minimum atomic E-state index is -0.322. The highest BCUT2D eigenvalue weighted by Crippen LogP contribution is 2.29. The normalized spacial score (nSPS) is 18.0. The van der Waals surface area contributed by atoms with E-state index in [1.54, 1.807) is 12.1 Å². The first-order valence-electron chi connectivity index (χ1n) is 8.71. The largest absolute Gasteiger partial charge is 0.339 e. The van der Waals surface area contributed by atoms with E-state index < -0.39 is 0 Å². The lowest BCUT2D eigenvalue weighted by Gasteiger charge is -2.30. The molecule has 1 saturated heterocycles. The van der Waals surface area contributed by atoms with E-state index in [-0.39, 0.29) is 11.7 Å². The maximum Gasteiger partial charge on any atom is 0.231 e. The topological polar surface area (TPSA) is 55.1 Å². The van der Waals surface area contributed by atoms with Gasteiger partial charge < -0.3 is 4.52 Å². The Hall–Kier alpha value is -2.02. The van der Waals surface area contributed by atoms with Crippen LogP contribution in [0, 0.1) is 5.82 Å². The molecule has 1 aromatic carbocycles. The van der Waals surface area contributed by atoms with Gasteiger partial charge in [-0.1, -0.05) is 40.5 Å². The number of nitrogens with zero attached hydrogens (tertiary/aromatic N) is 4. The third-order valence-electron chi connectivity index (χ3n) is 4.61. The predicted molar refractivity (Wildman–Crippen MR) is 101 cm³/mol. The van der Waals surface area contributed by atoms with Gasteiger partial charge in [0.1, 0.15) is 16.1 Å². The van der Waals surface area contributed by atoms with Crippen molar-refractivity contribution in [2.75, 3.05) is 13.1 Å². The van der Waals surface area contributed by atoms with Crippen LogP contribution in [-0.4, -0.2) is 33.1 Å². The Labute approximate surface area is 166 Å². The molecule has 0 spiro atoms. The van der Waals surface area contributed by atoms with Gasteiger partial charge in [-0.2, -0.15) is 4.98 Å². The molecule has 0 bridgehead atoms. The summed E-state index contributed by atoms with van der Waals surface area (Å²) in [6.07, 6.45) is 1.99. The first-order valence-corrected chi connectivity index (χ1v) is 9.46. The number of aromatic nitrogens is 3. The maximum absolute atomic E-state index is 13.4. The van der Waals surface area contributed by atoms with E-state index in [1.807, 2.05) is 12.1 Å². The lowest BCUT2D eigenvalue weighted by Crippen LogP contribution is -2.34. The minimum Gasteiger partial charge on any atom is -0.339 e. The van der Waals surface area contributed by atoms with Crippen molar-refractivity contribution >= 4 is 23.2 Å². The van der Waals surface area contributed by atoms with Crippen LogP contribution in [0.3, 0.4) is 0 Å². The van der Waals surface area contributed by atoms with E-state index in [1.165, 1.54) is 12.1 Å². The van der Waals surface area contributed by atoms with E-state index in [4.69, 9.17) is 27.7 Å². The number of piperidine rings is 1. The van der Waals surface area contributed by atoms with Crippen LogP contribution in [0.2, 0.25) is 10.3 Å². The van der Waals surface area contributed by atoms with Crippen molar-refractivity contribution in [2.45, 2.75) is 25.3 Å². The summed E-state index contributed by atoms with van der Waals surface area (Å²) >= 11 is 12.0. The summed E-state index contributed by atoms with van der Waals surface area (Å²) in [7, 11) is 0. The van der Waals surface area contributed by atoms with Gasteiger partial charge in [-0.25, -0.2) is 9.37 Å². The Kier molecular flexibility index (Phi) is 5.38. The molecule has 0 radical (unpaired) electrons. The number of hydrogen-bond donors (Lipinski definition) is 0. The molecule has 140 valence electrons. The lowest BCUT2D eigenvalue weighted by atomic mass is 9.97. The summed E-state index contributed by atoms with van der Waals surface area (Å²) in [4.78, 5) is 10.8. The van der Waals surface area contributed by atoms with Crippen molar-refractivity contribution in [2.24, 2.45) is 0 Å². The molecular weight excluding hydrogens is 390 g/mol. The van der Waals surface area contributed by atoms with Crippen molar-refractivity contribution in [1.82, 2.24) is 20.0 Å². The Balaban J connectivity index is 1.47. The zero-order chi connectivity index (χ0) is 18.8. The molecule has 1 atom stereocenters. The zero-order valence-electron chi connectivity index (χ0n) is 14.4. The molecule has 1 aliphatic rings. The average Bonchev–Trinajstić information content (AvgIpc) is 3.11. The SMILES string of the molecule is Fc1cccc(-c2noc(C3CCCN(Cc4cc(Cl)nc(Cl)c4)C3)n2)c1. The van der Waals surface area contributed by atoms with Gasteiger partial charge >= 0.3 is 0 Å². The van der Waals surface area contributed by atoms with Crippen molar-refractivity contribution in [3.05, 3.63) is 64.0 Å². The summed E-state index contributed by atoms with van der Waals surface area (Å²) in [6.45, 7) is 2.49. The average molecular weight is 407 g/mol. The van der Waals surface area contributed by atoms with E-state index in [0.717, 1.165) is 38.0 Å². The minimum absolute atomic E-state index is 0.140. The van der Waals surface area contributed by atoms with Crippen LogP contribution in [-0.2, 0) is 6.54 Å². The molecule has 27 heavy (non-hydrogen) atoms. The van der Waals surface area contributed by atoms with Crippen LogP contribution in [0.15, 0.2) is 40.9 Å². The lowest BCUT2D eigenvalue weighted by molar-refractivity contribution is 0.180. The molecule has 0 amide bonds. The predicted octanol–water partition coefficient (Wildman–Crippen LogP) is 4.96. The first-order chi connectivity index (χ1) is 13.1. The van der Waals surface area contributed by atoms with Gasteiger partial charge in [0.05, 0.1) is 5.92 Å². The molecule has 1 fully saturated rings. The molecule has 5 nitrogen and oxygen atoms in total. The molecule has 2 aromatic heterocycles. The Morgan fingerprint density at radius 2 is 1.96 bits per heavy atom. The van der Waals surface area contributed by atoms with E-state index in [9.17, 15) is 4.39 Å². The molecule has 1 aliphatic heterocycles. The van der Waals surface area contributed by atoms with Gasteiger partial charge in [0.2, 0.25) is 11.7 Å². The summed E-state index contributed by atoms with van der Waals surface area (Å²) in [5, 5.41) is 4.80. The number of halogens is 3. The third-order valence-corrected chi connectivity index (χ3v) is 5.00. The van der Waals surface area contributed by atoms with E-state index >= 15 is 0 Å². The maximum atomic E-state index is 13.4. The van der Waals surface area contributed by atoms with Gasteiger partial charge in [-0.05, 0) is 49.2 Å². The number of hydrogen-bond acceptors (Lipinski definition) is 5.